The maximum atomic E-state index is 13.2. The highest BCUT2D eigenvalue weighted by atomic mass is 19.1. The fourth-order valence-electron chi connectivity index (χ4n) is 2.85. The van der Waals surface area contributed by atoms with Crippen LogP contribution in [-0.2, 0) is 11.3 Å². The molecule has 1 saturated carbocycles. The van der Waals surface area contributed by atoms with Crippen LogP contribution in [0.15, 0.2) is 24.3 Å². The molecule has 1 amide bonds. The van der Waals surface area contributed by atoms with Gasteiger partial charge in [-0.05, 0) is 49.9 Å². The number of amides is 1. The van der Waals surface area contributed by atoms with Crippen LogP contribution in [0.5, 0.6) is 0 Å². The van der Waals surface area contributed by atoms with E-state index in [9.17, 15) is 9.18 Å². The Hall–Kier alpha value is -1.42. The van der Waals surface area contributed by atoms with Crippen molar-refractivity contribution in [2.24, 2.45) is 5.92 Å². The Bertz CT molecular complexity index is 487. The van der Waals surface area contributed by atoms with E-state index in [-0.39, 0.29) is 17.6 Å². The zero-order valence-corrected chi connectivity index (χ0v) is 11.6. The van der Waals surface area contributed by atoms with E-state index in [0.717, 1.165) is 50.9 Å². The summed E-state index contributed by atoms with van der Waals surface area (Å²) in [6.45, 7) is 2.50. The van der Waals surface area contributed by atoms with Crippen molar-refractivity contribution < 1.29 is 9.18 Å². The second kappa shape index (κ2) is 5.92. The molecule has 1 aliphatic carbocycles. The number of likely N-dealkylation sites (tertiary alicyclic amines) is 1. The third kappa shape index (κ3) is 3.57. The Kier molecular flexibility index (Phi) is 4.01. The molecular formula is C16H21FN2O. The monoisotopic (exact) mass is 276 g/mol. The fraction of sp³-hybridized carbons (Fsp3) is 0.562. The van der Waals surface area contributed by atoms with E-state index in [4.69, 9.17) is 0 Å². The molecule has 1 N–H and O–H groups in total. The Morgan fingerprint density at radius 1 is 1.35 bits per heavy atom. The lowest BCUT2D eigenvalue weighted by Gasteiger charge is -2.32. The van der Waals surface area contributed by atoms with Crippen molar-refractivity contribution in [1.82, 2.24) is 10.2 Å². The van der Waals surface area contributed by atoms with E-state index >= 15 is 0 Å². The number of piperidine rings is 1. The molecule has 0 bridgehead atoms. The second-order valence-corrected chi connectivity index (χ2v) is 5.99. The average molecular weight is 276 g/mol. The summed E-state index contributed by atoms with van der Waals surface area (Å²) in [6, 6.07) is 7.16. The van der Waals surface area contributed by atoms with Crippen LogP contribution < -0.4 is 5.32 Å². The molecule has 1 saturated heterocycles. The summed E-state index contributed by atoms with van der Waals surface area (Å²) in [6.07, 6.45) is 4.27. The maximum absolute atomic E-state index is 13.2. The molecule has 1 aromatic rings. The highest BCUT2D eigenvalue weighted by Gasteiger charge is 2.30. The van der Waals surface area contributed by atoms with Crippen LogP contribution >= 0.6 is 0 Å². The van der Waals surface area contributed by atoms with Crippen LogP contribution in [0, 0.1) is 11.7 Å². The second-order valence-electron chi connectivity index (χ2n) is 5.99. The molecule has 1 atom stereocenters. The minimum Gasteiger partial charge on any atom is -0.353 e. The summed E-state index contributed by atoms with van der Waals surface area (Å²) in [4.78, 5) is 14.4. The largest absolute Gasteiger partial charge is 0.353 e. The summed E-state index contributed by atoms with van der Waals surface area (Å²) in [7, 11) is 0. The first-order valence-electron chi connectivity index (χ1n) is 7.48. The SMILES string of the molecule is O=C(NC1CC1)C1CCCN(Cc2cccc(F)c2)C1. The Morgan fingerprint density at radius 3 is 2.95 bits per heavy atom. The molecule has 108 valence electrons. The first kappa shape index (κ1) is 13.6. The summed E-state index contributed by atoms with van der Waals surface area (Å²) in [5.74, 6) is 0.108. The van der Waals surface area contributed by atoms with Gasteiger partial charge >= 0.3 is 0 Å². The van der Waals surface area contributed by atoms with E-state index in [0.29, 0.717) is 6.04 Å². The minimum atomic E-state index is -0.192. The fourth-order valence-corrected chi connectivity index (χ4v) is 2.85. The van der Waals surface area contributed by atoms with Gasteiger partial charge in [0, 0.05) is 19.1 Å². The third-order valence-electron chi connectivity index (χ3n) is 4.10. The van der Waals surface area contributed by atoms with Gasteiger partial charge in [0.25, 0.3) is 0 Å². The number of nitrogens with one attached hydrogen (secondary N) is 1. The van der Waals surface area contributed by atoms with Gasteiger partial charge in [-0.25, -0.2) is 4.39 Å². The van der Waals surface area contributed by atoms with Crippen LogP contribution in [0.1, 0.15) is 31.2 Å². The van der Waals surface area contributed by atoms with Gasteiger partial charge in [0.2, 0.25) is 5.91 Å². The topological polar surface area (TPSA) is 32.3 Å². The van der Waals surface area contributed by atoms with Crippen molar-refractivity contribution in [2.45, 2.75) is 38.3 Å². The molecule has 0 spiro atoms. The normalized spacial score (nSPS) is 23.6. The zero-order chi connectivity index (χ0) is 13.9. The van der Waals surface area contributed by atoms with Crippen molar-refractivity contribution in [1.29, 1.82) is 0 Å². The van der Waals surface area contributed by atoms with Crippen molar-refractivity contribution in [3.8, 4) is 0 Å². The quantitative estimate of drug-likeness (QED) is 0.915. The van der Waals surface area contributed by atoms with E-state index in [1.165, 1.54) is 6.07 Å². The number of carbonyl (C=O) groups is 1. The third-order valence-corrected chi connectivity index (χ3v) is 4.10. The zero-order valence-electron chi connectivity index (χ0n) is 11.6. The molecule has 1 aromatic carbocycles. The van der Waals surface area contributed by atoms with E-state index in [2.05, 4.69) is 10.2 Å². The van der Waals surface area contributed by atoms with E-state index in [1.54, 1.807) is 12.1 Å². The molecule has 20 heavy (non-hydrogen) atoms. The summed E-state index contributed by atoms with van der Waals surface area (Å²) in [5.41, 5.74) is 0.980. The smallest absolute Gasteiger partial charge is 0.224 e. The van der Waals surface area contributed by atoms with Crippen molar-refractivity contribution in [3.63, 3.8) is 0 Å². The molecule has 3 nitrogen and oxygen atoms in total. The molecule has 1 heterocycles. The molecule has 0 aromatic heterocycles. The predicted molar refractivity (Wildman–Crippen MR) is 75.6 cm³/mol. The predicted octanol–water partition coefficient (Wildman–Crippen LogP) is 2.32. The van der Waals surface area contributed by atoms with Crippen molar-refractivity contribution in [2.75, 3.05) is 13.1 Å². The van der Waals surface area contributed by atoms with Gasteiger partial charge in [-0.2, -0.15) is 0 Å². The molecular weight excluding hydrogens is 255 g/mol. The summed E-state index contributed by atoms with van der Waals surface area (Å²) < 4.78 is 13.2. The van der Waals surface area contributed by atoms with Crippen LogP contribution in [-0.4, -0.2) is 29.9 Å². The van der Waals surface area contributed by atoms with Gasteiger partial charge in [-0.1, -0.05) is 12.1 Å². The number of carbonyl (C=O) groups excluding carboxylic acids is 1. The Balaban J connectivity index is 1.55. The van der Waals surface area contributed by atoms with Crippen molar-refractivity contribution in [3.05, 3.63) is 35.6 Å². The van der Waals surface area contributed by atoms with Gasteiger partial charge in [-0.3, -0.25) is 9.69 Å². The highest BCUT2D eigenvalue weighted by molar-refractivity contribution is 5.79. The van der Waals surface area contributed by atoms with Crippen molar-refractivity contribution >= 4 is 5.91 Å². The van der Waals surface area contributed by atoms with Gasteiger partial charge in [0.05, 0.1) is 5.92 Å². The van der Waals surface area contributed by atoms with Gasteiger partial charge in [0.15, 0.2) is 0 Å². The number of rotatable bonds is 4. The number of hydrogen-bond acceptors (Lipinski definition) is 2. The average Bonchev–Trinajstić information content (AvgIpc) is 3.23. The first-order valence-corrected chi connectivity index (χ1v) is 7.48. The summed E-state index contributed by atoms with van der Waals surface area (Å²) in [5, 5.41) is 3.09. The van der Waals surface area contributed by atoms with Crippen LogP contribution in [0.25, 0.3) is 0 Å². The van der Waals surface area contributed by atoms with E-state index < -0.39 is 0 Å². The van der Waals surface area contributed by atoms with Gasteiger partial charge in [0.1, 0.15) is 5.82 Å². The lowest BCUT2D eigenvalue weighted by molar-refractivity contribution is -0.126. The maximum Gasteiger partial charge on any atom is 0.224 e. The van der Waals surface area contributed by atoms with Crippen LogP contribution in [0.4, 0.5) is 4.39 Å². The molecule has 1 aliphatic heterocycles. The molecule has 2 fully saturated rings. The molecule has 2 aliphatic rings. The number of hydrogen-bond donors (Lipinski definition) is 1. The Morgan fingerprint density at radius 2 is 2.20 bits per heavy atom. The standard InChI is InChI=1S/C16H21FN2O/c17-14-5-1-3-12(9-14)10-19-8-2-4-13(11-19)16(20)18-15-6-7-15/h1,3,5,9,13,15H,2,4,6-8,10-11H2,(H,18,20). The number of nitrogens with zero attached hydrogens (tertiary/aromatic N) is 1. The minimum absolute atomic E-state index is 0.0953. The van der Waals surface area contributed by atoms with E-state index in [1.807, 2.05) is 6.07 Å². The number of benzene rings is 1. The molecule has 3 rings (SSSR count). The molecule has 1 unspecified atom stereocenters. The first-order chi connectivity index (χ1) is 9.70. The van der Waals surface area contributed by atoms with Gasteiger partial charge < -0.3 is 5.32 Å². The van der Waals surface area contributed by atoms with Crippen LogP contribution in [0.2, 0.25) is 0 Å². The summed E-state index contributed by atoms with van der Waals surface area (Å²) >= 11 is 0. The Labute approximate surface area is 119 Å². The van der Waals surface area contributed by atoms with Gasteiger partial charge in [-0.15, -0.1) is 0 Å². The molecule has 0 radical (unpaired) electrons. The van der Waals surface area contributed by atoms with Crippen LogP contribution in [0.3, 0.4) is 0 Å². The lowest BCUT2D eigenvalue weighted by Crippen LogP contribution is -2.43. The number of halogens is 1. The highest BCUT2D eigenvalue weighted by Crippen LogP contribution is 2.23. The molecule has 4 heteroatoms. The lowest BCUT2D eigenvalue weighted by atomic mass is 9.96.